The first-order chi connectivity index (χ1) is 6.07. The molecule has 0 unspecified atom stereocenters. The molecule has 1 aliphatic heterocycles. The lowest BCUT2D eigenvalue weighted by molar-refractivity contribution is -0.165. The number of nitrogens with zero attached hydrogens (tertiary/aromatic N) is 2. The highest BCUT2D eigenvalue weighted by atomic mass is 16.2. The molecular weight excluding hydrogens is 172 g/mol. The van der Waals surface area contributed by atoms with Crippen LogP contribution in [0.15, 0.2) is 12.2 Å². The normalized spacial score (nSPS) is 15.4. The number of rotatable bonds is 2. The van der Waals surface area contributed by atoms with Crippen LogP contribution >= 0.6 is 0 Å². The zero-order valence-electron chi connectivity index (χ0n) is 7.48. The van der Waals surface area contributed by atoms with E-state index in [1.165, 1.54) is 6.92 Å². The number of hydrazine groups is 1. The second-order valence-electron chi connectivity index (χ2n) is 2.56. The van der Waals surface area contributed by atoms with Crippen molar-refractivity contribution in [1.29, 1.82) is 0 Å². The fraction of sp³-hybridized carbons (Fsp3) is 0.375. The van der Waals surface area contributed by atoms with E-state index in [-0.39, 0.29) is 5.91 Å². The second-order valence-corrected chi connectivity index (χ2v) is 2.56. The minimum absolute atomic E-state index is 0.300. The number of hydrogen-bond acceptors (Lipinski definition) is 3. The van der Waals surface area contributed by atoms with Gasteiger partial charge in [0.1, 0.15) is 0 Å². The van der Waals surface area contributed by atoms with Crippen molar-refractivity contribution < 1.29 is 14.4 Å². The molecule has 0 aromatic heterocycles. The molecule has 0 spiro atoms. The summed E-state index contributed by atoms with van der Waals surface area (Å²) in [6.45, 7) is 3.30. The molecular formula is C8H10N2O3. The van der Waals surface area contributed by atoms with Crippen LogP contribution in [0, 0.1) is 0 Å². The minimum Gasteiger partial charge on any atom is -0.273 e. The van der Waals surface area contributed by atoms with Gasteiger partial charge >= 0.3 is 0 Å². The molecule has 0 N–H and O–H groups in total. The summed E-state index contributed by atoms with van der Waals surface area (Å²) < 4.78 is 0. The maximum absolute atomic E-state index is 11.1. The quantitative estimate of drug-likeness (QED) is 0.550. The van der Waals surface area contributed by atoms with Gasteiger partial charge in [-0.3, -0.25) is 14.4 Å². The van der Waals surface area contributed by atoms with Crippen LogP contribution in [0.25, 0.3) is 0 Å². The SMILES string of the molecule is CCN(C(C)=O)N1C(=O)C=CC1=O. The largest absolute Gasteiger partial charge is 0.273 e. The van der Waals surface area contributed by atoms with Gasteiger partial charge in [-0.15, -0.1) is 0 Å². The number of carbonyl (C=O) groups is 3. The van der Waals surface area contributed by atoms with Crippen LogP contribution < -0.4 is 0 Å². The van der Waals surface area contributed by atoms with Gasteiger partial charge in [0.05, 0.1) is 0 Å². The first-order valence-electron chi connectivity index (χ1n) is 3.92. The van der Waals surface area contributed by atoms with E-state index in [1.807, 2.05) is 0 Å². The van der Waals surface area contributed by atoms with Gasteiger partial charge in [-0.2, -0.15) is 5.01 Å². The van der Waals surface area contributed by atoms with Gasteiger partial charge in [-0.25, -0.2) is 5.01 Å². The summed E-state index contributed by atoms with van der Waals surface area (Å²) in [4.78, 5) is 33.2. The first-order valence-corrected chi connectivity index (χ1v) is 3.92. The van der Waals surface area contributed by atoms with Crippen molar-refractivity contribution in [1.82, 2.24) is 10.0 Å². The maximum Gasteiger partial charge on any atom is 0.272 e. The average Bonchev–Trinajstić information content (AvgIpc) is 2.36. The molecule has 0 aromatic rings. The lowest BCUT2D eigenvalue weighted by Gasteiger charge is -2.27. The van der Waals surface area contributed by atoms with Crippen molar-refractivity contribution in [2.24, 2.45) is 0 Å². The molecule has 0 fully saturated rings. The van der Waals surface area contributed by atoms with Crippen LogP contribution in [0.5, 0.6) is 0 Å². The lowest BCUT2D eigenvalue weighted by atomic mass is 10.5. The fourth-order valence-electron chi connectivity index (χ4n) is 1.14. The molecule has 5 heteroatoms. The Bertz CT molecular complexity index is 278. The highest BCUT2D eigenvalue weighted by Gasteiger charge is 2.30. The van der Waals surface area contributed by atoms with E-state index in [0.717, 1.165) is 22.2 Å². The standard InChI is InChI=1S/C8H10N2O3/c1-3-9(6(2)11)10-7(12)4-5-8(10)13/h4-5H,3H2,1-2H3. The van der Waals surface area contributed by atoms with Gasteiger partial charge in [0.2, 0.25) is 5.91 Å². The summed E-state index contributed by atoms with van der Waals surface area (Å²) in [5.41, 5.74) is 0. The maximum atomic E-state index is 11.1. The third-order valence-electron chi connectivity index (χ3n) is 1.69. The Morgan fingerprint density at radius 2 is 1.85 bits per heavy atom. The number of amides is 3. The third-order valence-corrected chi connectivity index (χ3v) is 1.69. The molecule has 0 bridgehead atoms. The number of carbonyl (C=O) groups excluding carboxylic acids is 3. The van der Waals surface area contributed by atoms with Crippen LogP contribution in [-0.2, 0) is 14.4 Å². The summed E-state index contributed by atoms with van der Waals surface area (Å²) in [6.07, 6.45) is 2.29. The van der Waals surface area contributed by atoms with E-state index in [1.54, 1.807) is 6.92 Å². The molecule has 0 atom stereocenters. The zero-order chi connectivity index (χ0) is 10.0. The number of hydrogen-bond donors (Lipinski definition) is 0. The molecule has 1 aliphatic rings. The molecule has 1 heterocycles. The Kier molecular flexibility index (Phi) is 2.46. The topological polar surface area (TPSA) is 57.7 Å². The van der Waals surface area contributed by atoms with Crippen molar-refractivity contribution in [2.45, 2.75) is 13.8 Å². The molecule has 0 radical (unpaired) electrons. The van der Waals surface area contributed by atoms with E-state index in [2.05, 4.69) is 0 Å². The van der Waals surface area contributed by atoms with E-state index >= 15 is 0 Å². The van der Waals surface area contributed by atoms with Crippen molar-refractivity contribution in [3.05, 3.63) is 12.2 Å². The summed E-state index contributed by atoms with van der Waals surface area (Å²) in [5.74, 6) is -1.27. The number of imide groups is 1. The summed E-state index contributed by atoms with van der Waals surface area (Å²) in [7, 11) is 0. The summed E-state index contributed by atoms with van der Waals surface area (Å²) >= 11 is 0. The Morgan fingerprint density at radius 1 is 1.38 bits per heavy atom. The molecule has 0 aliphatic carbocycles. The van der Waals surface area contributed by atoms with Crippen LogP contribution in [0.3, 0.4) is 0 Å². The van der Waals surface area contributed by atoms with Crippen LogP contribution in [-0.4, -0.2) is 34.3 Å². The third kappa shape index (κ3) is 1.58. The molecule has 3 amide bonds. The van der Waals surface area contributed by atoms with Gasteiger partial charge < -0.3 is 0 Å². The zero-order valence-corrected chi connectivity index (χ0v) is 7.48. The van der Waals surface area contributed by atoms with Crippen LogP contribution in [0.4, 0.5) is 0 Å². The van der Waals surface area contributed by atoms with Crippen molar-refractivity contribution in [3.63, 3.8) is 0 Å². The molecule has 0 aromatic carbocycles. The summed E-state index contributed by atoms with van der Waals surface area (Å²) in [5, 5.41) is 1.94. The smallest absolute Gasteiger partial charge is 0.272 e. The lowest BCUT2D eigenvalue weighted by Crippen LogP contribution is -2.48. The summed E-state index contributed by atoms with van der Waals surface area (Å²) in [6, 6.07) is 0. The highest BCUT2D eigenvalue weighted by Crippen LogP contribution is 2.08. The van der Waals surface area contributed by atoms with Gasteiger partial charge in [-0.05, 0) is 6.92 Å². The fourth-order valence-corrected chi connectivity index (χ4v) is 1.14. The highest BCUT2D eigenvalue weighted by molar-refractivity contribution is 6.13. The van der Waals surface area contributed by atoms with Gasteiger partial charge in [-0.1, -0.05) is 0 Å². The van der Waals surface area contributed by atoms with Crippen LogP contribution in [0.1, 0.15) is 13.8 Å². The van der Waals surface area contributed by atoms with E-state index in [0.29, 0.717) is 6.54 Å². The monoisotopic (exact) mass is 182 g/mol. The molecule has 0 saturated carbocycles. The Morgan fingerprint density at radius 3 is 2.15 bits per heavy atom. The van der Waals surface area contributed by atoms with Crippen LogP contribution in [0.2, 0.25) is 0 Å². The predicted molar refractivity (Wildman–Crippen MR) is 44.1 cm³/mol. The second kappa shape index (κ2) is 3.38. The molecule has 1 rings (SSSR count). The Labute approximate surface area is 75.6 Å². The van der Waals surface area contributed by atoms with E-state index in [4.69, 9.17) is 0 Å². The predicted octanol–water partition coefficient (Wildman–Crippen LogP) is -0.305. The molecule has 5 nitrogen and oxygen atoms in total. The van der Waals surface area contributed by atoms with E-state index < -0.39 is 11.8 Å². The average molecular weight is 182 g/mol. The van der Waals surface area contributed by atoms with Gasteiger partial charge in [0, 0.05) is 25.6 Å². The van der Waals surface area contributed by atoms with Gasteiger partial charge in [0.25, 0.3) is 11.8 Å². The Hall–Kier alpha value is -1.65. The molecule has 70 valence electrons. The first kappa shape index (κ1) is 9.44. The van der Waals surface area contributed by atoms with E-state index in [9.17, 15) is 14.4 Å². The van der Waals surface area contributed by atoms with Crippen molar-refractivity contribution in [2.75, 3.05) is 6.54 Å². The van der Waals surface area contributed by atoms with Gasteiger partial charge in [0.15, 0.2) is 0 Å². The van der Waals surface area contributed by atoms with Crippen molar-refractivity contribution >= 4 is 17.7 Å². The molecule has 0 saturated heterocycles. The minimum atomic E-state index is -0.470. The Balaban J connectivity index is 2.87. The molecule has 13 heavy (non-hydrogen) atoms. The van der Waals surface area contributed by atoms with Crippen molar-refractivity contribution in [3.8, 4) is 0 Å².